The molecule has 0 aliphatic carbocycles. The fourth-order valence-electron chi connectivity index (χ4n) is 1.78. The van der Waals surface area contributed by atoms with Gasteiger partial charge < -0.3 is 5.73 Å². The molecule has 0 saturated heterocycles. The lowest BCUT2D eigenvalue weighted by molar-refractivity contribution is 0.254. The van der Waals surface area contributed by atoms with E-state index in [9.17, 15) is 13.2 Å². The van der Waals surface area contributed by atoms with Crippen LogP contribution in [0.15, 0.2) is 23.1 Å². The number of sulfonamides is 1. The molecule has 7 heteroatoms. The van der Waals surface area contributed by atoms with Gasteiger partial charge in [-0.1, -0.05) is 0 Å². The van der Waals surface area contributed by atoms with Crippen LogP contribution in [0.3, 0.4) is 0 Å². The van der Waals surface area contributed by atoms with Crippen molar-refractivity contribution in [2.45, 2.75) is 11.3 Å². The summed E-state index contributed by atoms with van der Waals surface area (Å²) < 4.78 is 22.2. The van der Waals surface area contributed by atoms with Crippen molar-refractivity contribution in [3.63, 3.8) is 0 Å². The number of nitrogens with zero attached hydrogens (tertiary/aromatic N) is 1. The number of hydrogen-bond acceptors (Lipinski definition) is 3. The number of carbonyl (C=O) groups is 1. The number of anilines is 1. The fourth-order valence-corrected chi connectivity index (χ4v) is 2.35. The number of fused-ring (bicyclic) bond motifs is 1. The quantitative estimate of drug-likeness (QED) is 0.709. The average Bonchev–Trinajstić information content (AvgIpc) is 2.58. The van der Waals surface area contributed by atoms with Crippen molar-refractivity contribution in [1.29, 1.82) is 0 Å². The molecule has 1 aromatic carbocycles. The topological polar surface area (TPSA) is 106 Å². The highest BCUT2D eigenvalue weighted by Crippen LogP contribution is 2.29. The number of urea groups is 1. The molecule has 2 rings (SSSR count). The van der Waals surface area contributed by atoms with E-state index in [-0.39, 0.29) is 4.90 Å². The molecule has 4 N–H and O–H groups in total. The van der Waals surface area contributed by atoms with E-state index in [4.69, 9.17) is 10.9 Å². The van der Waals surface area contributed by atoms with Crippen LogP contribution < -0.4 is 15.8 Å². The summed E-state index contributed by atoms with van der Waals surface area (Å²) in [5.74, 6) is 0. The van der Waals surface area contributed by atoms with E-state index >= 15 is 0 Å². The number of primary amides is 1. The molecule has 0 spiro atoms. The molecule has 0 atom stereocenters. The third-order valence-corrected chi connectivity index (χ3v) is 3.45. The van der Waals surface area contributed by atoms with Crippen LogP contribution in [0, 0.1) is 0 Å². The molecular weight excluding hydrogens is 230 g/mol. The molecular formula is C9H11N3O3S. The summed E-state index contributed by atoms with van der Waals surface area (Å²) in [6.07, 6.45) is 0.585. The van der Waals surface area contributed by atoms with Gasteiger partial charge in [-0.05, 0) is 30.2 Å². The summed E-state index contributed by atoms with van der Waals surface area (Å²) >= 11 is 0. The lowest BCUT2D eigenvalue weighted by Gasteiger charge is -2.13. The van der Waals surface area contributed by atoms with Crippen molar-refractivity contribution >= 4 is 21.7 Å². The second kappa shape index (κ2) is 3.46. The number of rotatable bonds is 1. The van der Waals surface area contributed by atoms with Gasteiger partial charge in [0.15, 0.2) is 0 Å². The zero-order valence-corrected chi connectivity index (χ0v) is 9.20. The molecule has 0 unspecified atom stereocenters. The highest BCUT2D eigenvalue weighted by Gasteiger charge is 2.24. The molecule has 86 valence electrons. The summed E-state index contributed by atoms with van der Waals surface area (Å²) in [5, 5.41) is 5.01. The highest BCUT2D eigenvalue weighted by molar-refractivity contribution is 7.89. The van der Waals surface area contributed by atoms with Crippen LogP contribution >= 0.6 is 0 Å². The van der Waals surface area contributed by atoms with Crippen molar-refractivity contribution in [3.8, 4) is 0 Å². The predicted octanol–water partition coefficient (Wildman–Crippen LogP) is -0.225. The predicted molar refractivity (Wildman–Crippen MR) is 58.4 cm³/mol. The van der Waals surface area contributed by atoms with Gasteiger partial charge in [0.1, 0.15) is 0 Å². The van der Waals surface area contributed by atoms with Crippen LogP contribution in [-0.4, -0.2) is 21.0 Å². The Balaban J connectivity index is 2.48. The van der Waals surface area contributed by atoms with Crippen molar-refractivity contribution in [3.05, 3.63) is 23.8 Å². The largest absolute Gasteiger partial charge is 0.351 e. The van der Waals surface area contributed by atoms with Crippen molar-refractivity contribution in [2.24, 2.45) is 10.9 Å². The lowest BCUT2D eigenvalue weighted by atomic mass is 10.2. The minimum atomic E-state index is -3.70. The Morgan fingerprint density at radius 3 is 2.62 bits per heavy atom. The van der Waals surface area contributed by atoms with Crippen molar-refractivity contribution in [1.82, 2.24) is 0 Å². The number of nitrogens with two attached hydrogens (primary N) is 2. The Morgan fingerprint density at radius 1 is 1.38 bits per heavy atom. The van der Waals surface area contributed by atoms with E-state index < -0.39 is 16.1 Å². The third kappa shape index (κ3) is 1.74. The maximum absolute atomic E-state index is 11.1. The second-order valence-corrected chi connectivity index (χ2v) is 5.14. The molecule has 0 aromatic heterocycles. The van der Waals surface area contributed by atoms with Crippen molar-refractivity contribution in [2.75, 3.05) is 11.4 Å². The Kier molecular flexibility index (Phi) is 2.36. The maximum atomic E-state index is 11.1. The first-order chi connectivity index (χ1) is 7.39. The average molecular weight is 241 g/mol. The van der Waals surface area contributed by atoms with Crippen LogP contribution in [0.1, 0.15) is 5.56 Å². The van der Waals surface area contributed by atoms with Crippen LogP contribution in [0.5, 0.6) is 0 Å². The minimum absolute atomic E-state index is 0.0533. The molecule has 0 radical (unpaired) electrons. The molecule has 1 aliphatic heterocycles. The van der Waals surface area contributed by atoms with Crippen LogP contribution in [0.4, 0.5) is 10.5 Å². The van der Waals surface area contributed by atoms with E-state index in [0.717, 1.165) is 5.56 Å². The number of hydrogen-bond donors (Lipinski definition) is 2. The first kappa shape index (κ1) is 10.9. The van der Waals surface area contributed by atoms with E-state index in [1.165, 1.54) is 17.0 Å². The number of amides is 2. The van der Waals surface area contributed by atoms with Gasteiger partial charge in [0.25, 0.3) is 0 Å². The fraction of sp³-hybridized carbons (Fsp3) is 0.222. The van der Waals surface area contributed by atoms with Crippen molar-refractivity contribution < 1.29 is 13.2 Å². The highest BCUT2D eigenvalue weighted by atomic mass is 32.2. The Morgan fingerprint density at radius 2 is 2.06 bits per heavy atom. The molecule has 0 fully saturated rings. The molecule has 1 aliphatic rings. The van der Waals surface area contributed by atoms with E-state index in [2.05, 4.69) is 0 Å². The monoisotopic (exact) mass is 241 g/mol. The summed E-state index contributed by atoms with van der Waals surface area (Å²) in [5.41, 5.74) is 6.60. The summed E-state index contributed by atoms with van der Waals surface area (Å²) in [6.45, 7) is 0.471. The van der Waals surface area contributed by atoms with E-state index in [1.54, 1.807) is 6.07 Å². The number of carbonyl (C=O) groups excluding carboxylic acids is 1. The van der Waals surface area contributed by atoms with Gasteiger partial charge >= 0.3 is 6.03 Å². The number of primary sulfonamides is 1. The first-order valence-corrected chi connectivity index (χ1v) is 6.17. The zero-order valence-electron chi connectivity index (χ0n) is 8.38. The van der Waals surface area contributed by atoms with Gasteiger partial charge in [0.2, 0.25) is 10.0 Å². The summed E-state index contributed by atoms with van der Waals surface area (Å²) in [4.78, 5) is 12.5. The Hall–Kier alpha value is -1.60. The van der Waals surface area contributed by atoms with Gasteiger partial charge in [-0.2, -0.15) is 0 Å². The smallest absolute Gasteiger partial charge is 0.319 e. The van der Waals surface area contributed by atoms with Crippen LogP contribution in [-0.2, 0) is 16.4 Å². The molecule has 1 heterocycles. The molecule has 0 saturated carbocycles. The first-order valence-electron chi connectivity index (χ1n) is 4.62. The van der Waals surface area contributed by atoms with Crippen LogP contribution in [0.2, 0.25) is 0 Å². The lowest BCUT2D eigenvalue weighted by Crippen LogP contribution is -2.33. The van der Waals surface area contributed by atoms with E-state index in [1.807, 2.05) is 0 Å². The SMILES string of the molecule is NC(=O)N1CCc2cc(S(N)(=O)=O)ccc21. The third-order valence-electron chi connectivity index (χ3n) is 2.54. The van der Waals surface area contributed by atoms with E-state index in [0.29, 0.717) is 18.7 Å². The molecule has 0 bridgehead atoms. The zero-order chi connectivity index (χ0) is 11.9. The van der Waals surface area contributed by atoms with Gasteiger partial charge in [-0.3, -0.25) is 4.90 Å². The molecule has 16 heavy (non-hydrogen) atoms. The Labute approximate surface area is 92.9 Å². The van der Waals surface area contributed by atoms with Gasteiger partial charge in [0, 0.05) is 12.2 Å². The molecule has 6 nitrogen and oxygen atoms in total. The van der Waals surface area contributed by atoms with Gasteiger partial charge in [-0.15, -0.1) is 0 Å². The standard InChI is InChI=1S/C9H11N3O3S/c10-9(13)12-4-3-6-5-7(16(11,14)15)1-2-8(6)12/h1-2,5H,3-4H2,(H2,10,13)(H2,11,14,15). The van der Waals surface area contributed by atoms with Gasteiger partial charge in [-0.25, -0.2) is 18.4 Å². The molecule has 1 aromatic rings. The number of benzene rings is 1. The normalized spacial score (nSPS) is 14.9. The Bertz CT molecular complexity index is 553. The maximum Gasteiger partial charge on any atom is 0.319 e. The summed E-state index contributed by atoms with van der Waals surface area (Å²) in [6, 6.07) is 3.86. The second-order valence-electron chi connectivity index (χ2n) is 3.58. The molecule has 2 amide bonds. The van der Waals surface area contributed by atoms with Crippen LogP contribution in [0.25, 0.3) is 0 Å². The van der Waals surface area contributed by atoms with Gasteiger partial charge in [0.05, 0.1) is 4.90 Å². The summed E-state index contributed by atoms with van der Waals surface area (Å²) in [7, 11) is -3.70. The minimum Gasteiger partial charge on any atom is -0.351 e.